The normalized spacial score (nSPS) is 21.2. The van der Waals surface area contributed by atoms with Gasteiger partial charge in [-0.3, -0.25) is 9.69 Å². The molecule has 138 valence electrons. The fourth-order valence-electron chi connectivity index (χ4n) is 3.52. The van der Waals surface area contributed by atoms with Crippen LogP contribution in [0.5, 0.6) is 0 Å². The summed E-state index contributed by atoms with van der Waals surface area (Å²) in [6, 6.07) is 0.357. The standard InChI is InChI=1S/C16H31N3O2.2ClH/c1-3-13(4-2)15(19-9-11-21-12-10-19)16(20)18-14-5-7-17-8-6-14;;/h13-15,17H,3-12H2,1-2H3,(H,18,20);2*1H. The summed E-state index contributed by atoms with van der Waals surface area (Å²) in [5.74, 6) is 0.669. The lowest BCUT2D eigenvalue weighted by Crippen LogP contribution is -2.56. The smallest absolute Gasteiger partial charge is 0.237 e. The van der Waals surface area contributed by atoms with Crippen LogP contribution in [0.3, 0.4) is 0 Å². The number of ether oxygens (including phenoxy) is 1. The number of carbonyl (C=O) groups is 1. The molecular formula is C16H33Cl2N3O2. The van der Waals surface area contributed by atoms with E-state index in [1.807, 2.05) is 0 Å². The van der Waals surface area contributed by atoms with Gasteiger partial charge in [0, 0.05) is 19.1 Å². The second-order valence-corrected chi connectivity index (χ2v) is 6.20. The molecule has 23 heavy (non-hydrogen) atoms. The van der Waals surface area contributed by atoms with Gasteiger partial charge in [-0.25, -0.2) is 0 Å². The zero-order valence-corrected chi connectivity index (χ0v) is 16.0. The number of halogens is 2. The number of nitrogens with zero attached hydrogens (tertiary/aromatic N) is 1. The second-order valence-electron chi connectivity index (χ2n) is 6.20. The Labute approximate surface area is 153 Å². The van der Waals surface area contributed by atoms with Crippen molar-refractivity contribution in [3.05, 3.63) is 0 Å². The molecule has 2 N–H and O–H groups in total. The summed E-state index contributed by atoms with van der Waals surface area (Å²) < 4.78 is 5.44. The summed E-state index contributed by atoms with van der Waals surface area (Å²) in [6.45, 7) is 9.66. The fourth-order valence-corrected chi connectivity index (χ4v) is 3.52. The molecule has 2 aliphatic heterocycles. The molecule has 2 fully saturated rings. The van der Waals surface area contributed by atoms with Crippen LogP contribution in [0, 0.1) is 5.92 Å². The third kappa shape index (κ3) is 6.75. The molecule has 0 spiro atoms. The highest BCUT2D eigenvalue weighted by Gasteiger charge is 2.33. The maximum atomic E-state index is 12.9. The van der Waals surface area contributed by atoms with Gasteiger partial charge in [0.1, 0.15) is 0 Å². The number of nitrogens with one attached hydrogen (secondary N) is 2. The summed E-state index contributed by atoms with van der Waals surface area (Å²) in [6.07, 6.45) is 4.20. The third-order valence-electron chi connectivity index (χ3n) is 4.89. The van der Waals surface area contributed by atoms with Gasteiger partial charge in [0.15, 0.2) is 0 Å². The summed E-state index contributed by atoms with van der Waals surface area (Å²) >= 11 is 0. The van der Waals surface area contributed by atoms with Crippen LogP contribution in [0.4, 0.5) is 0 Å². The maximum Gasteiger partial charge on any atom is 0.237 e. The van der Waals surface area contributed by atoms with Gasteiger partial charge < -0.3 is 15.4 Å². The lowest BCUT2D eigenvalue weighted by atomic mass is 9.91. The summed E-state index contributed by atoms with van der Waals surface area (Å²) in [4.78, 5) is 15.2. The van der Waals surface area contributed by atoms with E-state index >= 15 is 0 Å². The van der Waals surface area contributed by atoms with Gasteiger partial charge in [0.05, 0.1) is 19.3 Å². The van der Waals surface area contributed by atoms with E-state index in [0.29, 0.717) is 12.0 Å². The molecule has 0 aliphatic carbocycles. The van der Waals surface area contributed by atoms with E-state index in [1.165, 1.54) is 0 Å². The molecule has 5 nitrogen and oxygen atoms in total. The molecule has 1 atom stereocenters. The van der Waals surface area contributed by atoms with Crippen LogP contribution in [-0.4, -0.2) is 62.3 Å². The summed E-state index contributed by atoms with van der Waals surface area (Å²) in [5.41, 5.74) is 0. The molecule has 0 saturated carbocycles. The number of amides is 1. The van der Waals surface area contributed by atoms with E-state index in [2.05, 4.69) is 29.4 Å². The Morgan fingerprint density at radius 2 is 1.74 bits per heavy atom. The number of rotatable bonds is 6. The zero-order chi connectivity index (χ0) is 15.1. The molecule has 2 saturated heterocycles. The minimum Gasteiger partial charge on any atom is -0.379 e. The fraction of sp³-hybridized carbons (Fsp3) is 0.938. The van der Waals surface area contributed by atoms with Crippen molar-refractivity contribution in [2.45, 2.75) is 51.6 Å². The van der Waals surface area contributed by atoms with Gasteiger partial charge in [-0.05, 0) is 31.8 Å². The van der Waals surface area contributed by atoms with Crippen LogP contribution >= 0.6 is 24.8 Å². The van der Waals surface area contributed by atoms with Gasteiger partial charge in [0.2, 0.25) is 5.91 Å². The van der Waals surface area contributed by atoms with Crippen molar-refractivity contribution >= 4 is 30.7 Å². The molecule has 0 aromatic heterocycles. The van der Waals surface area contributed by atoms with Crippen LogP contribution in [0.15, 0.2) is 0 Å². The Hall–Kier alpha value is -0.0700. The number of piperidine rings is 1. The van der Waals surface area contributed by atoms with E-state index in [9.17, 15) is 4.79 Å². The number of hydrogen-bond donors (Lipinski definition) is 2. The number of hydrogen-bond acceptors (Lipinski definition) is 4. The van der Waals surface area contributed by atoms with Crippen molar-refractivity contribution in [1.29, 1.82) is 0 Å². The average molecular weight is 370 g/mol. The van der Waals surface area contributed by atoms with Crippen molar-refractivity contribution in [2.75, 3.05) is 39.4 Å². The van der Waals surface area contributed by atoms with Crippen LogP contribution in [0.1, 0.15) is 39.5 Å². The molecule has 1 unspecified atom stereocenters. The van der Waals surface area contributed by atoms with Crippen LogP contribution in [0.2, 0.25) is 0 Å². The van der Waals surface area contributed by atoms with Crippen LogP contribution in [-0.2, 0) is 9.53 Å². The maximum absolute atomic E-state index is 12.9. The highest BCUT2D eigenvalue weighted by molar-refractivity contribution is 5.85. The van der Waals surface area contributed by atoms with Crippen molar-refractivity contribution in [2.24, 2.45) is 5.92 Å². The first-order chi connectivity index (χ1) is 10.3. The van der Waals surface area contributed by atoms with E-state index in [1.54, 1.807) is 0 Å². The lowest BCUT2D eigenvalue weighted by Gasteiger charge is -2.38. The highest BCUT2D eigenvalue weighted by Crippen LogP contribution is 2.21. The first-order valence-electron chi connectivity index (χ1n) is 8.59. The monoisotopic (exact) mass is 369 g/mol. The van der Waals surface area contributed by atoms with Gasteiger partial charge >= 0.3 is 0 Å². The van der Waals surface area contributed by atoms with Crippen molar-refractivity contribution < 1.29 is 9.53 Å². The molecule has 0 radical (unpaired) electrons. The Morgan fingerprint density at radius 3 is 2.26 bits per heavy atom. The van der Waals surface area contributed by atoms with Crippen molar-refractivity contribution in [1.82, 2.24) is 15.5 Å². The topological polar surface area (TPSA) is 53.6 Å². The Balaban J connectivity index is 0.00000242. The van der Waals surface area contributed by atoms with Crippen molar-refractivity contribution in [3.63, 3.8) is 0 Å². The lowest BCUT2D eigenvalue weighted by molar-refractivity contribution is -0.131. The minimum atomic E-state index is 0. The van der Waals surface area contributed by atoms with Gasteiger partial charge in [0.25, 0.3) is 0 Å². The predicted octanol–water partition coefficient (Wildman–Crippen LogP) is 1.84. The molecule has 2 heterocycles. The predicted molar refractivity (Wildman–Crippen MR) is 98.8 cm³/mol. The minimum absolute atomic E-state index is 0. The molecule has 0 bridgehead atoms. The zero-order valence-electron chi connectivity index (χ0n) is 14.4. The molecule has 7 heteroatoms. The van der Waals surface area contributed by atoms with E-state index in [4.69, 9.17) is 4.74 Å². The van der Waals surface area contributed by atoms with Crippen LogP contribution < -0.4 is 10.6 Å². The molecule has 2 rings (SSSR count). The van der Waals surface area contributed by atoms with Crippen LogP contribution in [0.25, 0.3) is 0 Å². The van der Waals surface area contributed by atoms with Gasteiger partial charge in [-0.1, -0.05) is 26.7 Å². The molecular weight excluding hydrogens is 337 g/mol. The Morgan fingerprint density at radius 1 is 1.17 bits per heavy atom. The second kappa shape index (κ2) is 12.3. The Bertz CT molecular complexity index is 318. The van der Waals surface area contributed by atoms with E-state index in [0.717, 1.165) is 65.1 Å². The van der Waals surface area contributed by atoms with E-state index < -0.39 is 0 Å². The molecule has 0 aromatic rings. The summed E-state index contributed by atoms with van der Waals surface area (Å²) in [5, 5.41) is 6.65. The molecule has 1 amide bonds. The molecule has 0 aromatic carbocycles. The first kappa shape index (κ1) is 22.9. The van der Waals surface area contributed by atoms with Gasteiger partial charge in [-0.15, -0.1) is 24.8 Å². The largest absolute Gasteiger partial charge is 0.379 e. The first-order valence-corrected chi connectivity index (χ1v) is 8.59. The molecule has 2 aliphatic rings. The SMILES string of the molecule is CCC(CC)C(C(=O)NC1CCNCC1)N1CCOCC1.Cl.Cl. The van der Waals surface area contributed by atoms with Gasteiger partial charge in [-0.2, -0.15) is 0 Å². The average Bonchev–Trinajstić information content (AvgIpc) is 2.54. The Kier molecular flexibility index (Phi) is 12.3. The highest BCUT2D eigenvalue weighted by atomic mass is 35.5. The quantitative estimate of drug-likeness (QED) is 0.749. The van der Waals surface area contributed by atoms with E-state index in [-0.39, 0.29) is 36.8 Å². The third-order valence-corrected chi connectivity index (χ3v) is 4.89. The summed E-state index contributed by atoms with van der Waals surface area (Å²) in [7, 11) is 0. The number of morpholine rings is 1. The van der Waals surface area contributed by atoms with Crippen molar-refractivity contribution in [3.8, 4) is 0 Å². The number of carbonyl (C=O) groups excluding carboxylic acids is 1.